The fourth-order valence-electron chi connectivity index (χ4n) is 2.29. The van der Waals surface area contributed by atoms with Crippen LogP contribution in [-0.2, 0) is 5.75 Å². The van der Waals surface area contributed by atoms with Gasteiger partial charge in [-0.15, -0.1) is 0 Å². The van der Waals surface area contributed by atoms with Gasteiger partial charge in [0.2, 0.25) is 0 Å². The highest BCUT2D eigenvalue weighted by molar-refractivity contribution is 7.97. The Morgan fingerprint density at radius 1 is 1.15 bits per heavy atom. The Hall–Kier alpha value is -3.20. The molecule has 0 spiro atoms. The number of carbonyl (C=O) groups is 1. The predicted molar refractivity (Wildman–Crippen MR) is 100 cm³/mol. The molecule has 2 heterocycles. The highest BCUT2D eigenvalue weighted by Gasteiger charge is 2.11. The summed E-state index contributed by atoms with van der Waals surface area (Å²) in [7, 11) is 0. The second-order valence-electron chi connectivity index (χ2n) is 5.35. The lowest BCUT2D eigenvalue weighted by Gasteiger charge is -2.07. The molecule has 0 saturated heterocycles. The van der Waals surface area contributed by atoms with Crippen molar-refractivity contribution in [3.8, 4) is 11.3 Å². The second-order valence-corrected chi connectivity index (χ2v) is 6.22. The highest BCUT2D eigenvalue weighted by atomic mass is 32.2. The number of benzene rings is 1. The van der Waals surface area contributed by atoms with Crippen LogP contribution in [0.4, 0.5) is 5.69 Å². The maximum Gasteiger partial charge on any atom is 0.274 e. The quantitative estimate of drug-likeness (QED) is 0.629. The first-order chi connectivity index (χ1) is 12.5. The molecule has 0 aliphatic carbocycles. The molecule has 9 heteroatoms. The SMILES string of the molecule is CSCc1nc(C(=O)Nc2cccc(-c3ccc(=O)[nH]n3)c2)cc(=O)[nH]1. The summed E-state index contributed by atoms with van der Waals surface area (Å²) < 4.78 is 0. The third-order valence-electron chi connectivity index (χ3n) is 3.40. The number of rotatable bonds is 5. The van der Waals surface area contributed by atoms with Gasteiger partial charge in [-0.25, -0.2) is 10.1 Å². The number of hydrogen-bond donors (Lipinski definition) is 3. The van der Waals surface area contributed by atoms with Crippen molar-refractivity contribution in [3.63, 3.8) is 0 Å². The monoisotopic (exact) mass is 369 g/mol. The van der Waals surface area contributed by atoms with Gasteiger partial charge in [-0.2, -0.15) is 16.9 Å². The topological polar surface area (TPSA) is 121 Å². The van der Waals surface area contributed by atoms with Crippen molar-refractivity contribution in [1.29, 1.82) is 0 Å². The minimum absolute atomic E-state index is 0.0466. The zero-order chi connectivity index (χ0) is 18.5. The number of hydrogen-bond acceptors (Lipinski definition) is 6. The molecule has 1 aromatic carbocycles. The molecule has 8 nitrogen and oxygen atoms in total. The van der Waals surface area contributed by atoms with Gasteiger partial charge >= 0.3 is 0 Å². The van der Waals surface area contributed by atoms with Crippen LogP contribution >= 0.6 is 11.8 Å². The van der Waals surface area contributed by atoms with Gasteiger partial charge in [0.05, 0.1) is 11.4 Å². The van der Waals surface area contributed by atoms with Gasteiger partial charge in [0.25, 0.3) is 17.0 Å². The van der Waals surface area contributed by atoms with Gasteiger partial charge in [0.1, 0.15) is 11.5 Å². The lowest BCUT2D eigenvalue weighted by Crippen LogP contribution is -2.20. The Labute approximate surface area is 152 Å². The zero-order valence-corrected chi connectivity index (χ0v) is 14.6. The molecule has 3 aromatic rings. The van der Waals surface area contributed by atoms with Crippen molar-refractivity contribution in [2.75, 3.05) is 11.6 Å². The second kappa shape index (κ2) is 7.79. The summed E-state index contributed by atoms with van der Waals surface area (Å²) in [6, 6.07) is 11.1. The summed E-state index contributed by atoms with van der Waals surface area (Å²) in [6.07, 6.45) is 1.88. The molecule has 3 N–H and O–H groups in total. The Kier molecular flexibility index (Phi) is 5.28. The minimum Gasteiger partial charge on any atom is -0.321 e. The van der Waals surface area contributed by atoms with Gasteiger partial charge in [0.15, 0.2) is 0 Å². The Balaban J connectivity index is 1.84. The molecule has 1 amide bonds. The van der Waals surface area contributed by atoms with Crippen LogP contribution in [0.25, 0.3) is 11.3 Å². The summed E-state index contributed by atoms with van der Waals surface area (Å²) in [4.78, 5) is 42.0. The highest BCUT2D eigenvalue weighted by Crippen LogP contribution is 2.20. The zero-order valence-electron chi connectivity index (χ0n) is 13.8. The van der Waals surface area contributed by atoms with Crippen molar-refractivity contribution in [1.82, 2.24) is 20.2 Å². The lowest BCUT2D eigenvalue weighted by atomic mass is 10.1. The molecular formula is C17H15N5O3S. The number of aromatic nitrogens is 4. The normalized spacial score (nSPS) is 10.5. The molecule has 0 fully saturated rings. The molecule has 132 valence electrons. The molecule has 26 heavy (non-hydrogen) atoms. The number of aromatic amines is 2. The van der Waals surface area contributed by atoms with Gasteiger partial charge in [-0.3, -0.25) is 14.4 Å². The van der Waals surface area contributed by atoms with E-state index in [-0.39, 0.29) is 16.8 Å². The van der Waals surface area contributed by atoms with Crippen LogP contribution in [0.5, 0.6) is 0 Å². The van der Waals surface area contributed by atoms with Crippen molar-refractivity contribution in [3.05, 3.63) is 74.7 Å². The average Bonchev–Trinajstić information content (AvgIpc) is 2.62. The third kappa shape index (κ3) is 4.25. The van der Waals surface area contributed by atoms with E-state index in [4.69, 9.17) is 0 Å². The first kappa shape index (κ1) is 17.6. The van der Waals surface area contributed by atoms with E-state index in [9.17, 15) is 14.4 Å². The van der Waals surface area contributed by atoms with Crippen LogP contribution in [0.3, 0.4) is 0 Å². The first-order valence-electron chi connectivity index (χ1n) is 7.62. The van der Waals surface area contributed by atoms with Gasteiger partial charge in [0, 0.05) is 23.4 Å². The number of thioether (sulfide) groups is 1. The molecule has 0 saturated carbocycles. The molecule has 0 aliphatic heterocycles. The van der Waals surface area contributed by atoms with Gasteiger partial charge < -0.3 is 10.3 Å². The predicted octanol–water partition coefficient (Wildman–Crippen LogP) is 1.64. The van der Waals surface area contributed by atoms with Crippen LogP contribution < -0.4 is 16.4 Å². The van der Waals surface area contributed by atoms with Crippen molar-refractivity contribution in [2.24, 2.45) is 0 Å². The van der Waals surface area contributed by atoms with Gasteiger partial charge in [-0.1, -0.05) is 12.1 Å². The number of H-pyrrole nitrogens is 2. The number of nitrogens with one attached hydrogen (secondary N) is 3. The van der Waals surface area contributed by atoms with Crippen molar-refractivity contribution in [2.45, 2.75) is 5.75 Å². The largest absolute Gasteiger partial charge is 0.321 e. The standard InChI is InChI=1S/C17H15N5O3S/c1-26-9-14-19-13(8-16(24)20-14)17(25)18-11-4-2-3-10(7-11)12-5-6-15(23)22-21-12/h2-8H,9H2,1H3,(H,18,25)(H,22,23)(H,19,20,24). The van der Waals surface area contributed by atoms with Crippen LogP contribution in [0.15, 0.2) is 52.1 Å². The first-order valence-corrected chi connectivity index (χ1v) is 9.01. The van der Waals surface area contributed by atoms with Crippen molar-refractivity contribution < 1.29 is 4.79 Å². The van der Waals surface area contributed by atoms with E-state index in [1.807, 2.05) is 6.26 Å². The van der Waals surface area contributed by atoms with E-state index in [2.05, 4.69) is 25.5 Å². The Morgan fingerprint density at radius 2 is 2.00 bits per heavy atom. The summed E-state index contributed by atoms with van der Waals surface area (Å²) in [6.45, 7) is 0. The van der Waals surface area contributed by atoms with E-state index in [1.165, 1.54) is 17.8 Å². The third-order valence-corrected chi connectivity index (χ3v) is 3.96. The minimum atomic E-state index is -0.481. The fourth-order valence-corrected chi connectivity index (χ4v) is 2.70. The van der Waals surface area contributed by atoms with E-state index >= 15 is 0 Å². The van der Waals surface area contributed by atoms with Crippen LogP contribution in [0, 0.1) is 0 Å². The maximum atomic E-state index is 12.4. The molecule has 0 unspecified atom stereocenters. The van der Waals surface area contributed by atoms with Crippen molar-refractivity contribution >= 4 is 23.4 Å². The Morgan fingerprint density at radius 3 is 2.73 bits per heavy atom. The molecular weight excluding hydrogens is 354 g/mol. The Bertz CT molecular complexity index is 1040. The summed E-state index contributed by atoms with van der Waals surface area (Å²) in [5.74, 6) is 0.468. The number of carbonyl (C=O) groups excluding carboxylic acids is 1. The number of amides is 1. The molecule has 0 bridgehead atoms. The fraction of sp³-hybridized carbons (Fsp3) is 0.118. The summed E-state index contributed by atoms with van der Waals surface area (Å²) >= 11 is 1.49. The average molecular weight is 369 g/mol. The van der Waals surface area contributed by atoms with E-state index in [1.54, 1.807) is 30.3 Å². The summed E-state index contributed by atoms with van der Waals surface area (Å²) in [5, 5.41) is 9.04. The molecule has 3 rings (SSSR count). The number of anilines is 1. The molecule has 0 aliphatic rings. The number of nitrogens with zero attached hydrogens (tertiary/aromatic N) is 2. The van der Waals surface area contributed by atoms with Crippen LogP contribution in [0.2, 0.25) is 0 Å². The lowest BCUT2D eigenvalue weighted by molar-refractivity contribution is 0.102. The van der Waals surface area contributed by atoms with Gasteiger partial charge in [-0.05, 0) is 24.5 Å². The maximum absolute atomic E-state index is 12.4. The molecule has 0 atom stereocenters. The van der Waals surface area contributed by atoms with E-state index < -0.39 is 5.91 Å². The van der Waals surface area contributed by atoms with E-state index in [0.717, 1.165) is 11.6 Å². The molecule has 0 radical (unpaired) electrons. The van der Waals surface area contributed by atoms with E-state index in [0.29, 0.717) is 23.0 Å². The smallest absolute Gasteiger partial charge is 0.274 e. The molecule has 2 aromatic heterocycles. The van der Waals surface area contributed by atoms with Crippen LogP contribution in [-0.4, -0.2) is 32.3 Å². The summed E-state index contributed by atoms with van der Waals surface area (Å²) in [5.41, 5.74) is 1.19. The van der Waals surface area contributed by atoms with Crippen LogP contribution in [0.1, 0.15) is 16.3 Å².